The highest BCUT2D eigenvalue weighted by molar-refractivity contribution is 9.10. The van der Waals surface area contributed by atoms with E-state index in [1.54, 1.807) is 0 Å². The summed E-state index contributed by atoms with van der Waals surface area (Å²) in [6.07, 6.45) is 3.36. The summed E-state index contributed by atoms with van der Waals surface area (Å²) in [6, 6.07) is 1.38. The van der Waals surface area contributed by atoms with Crippen LogP contribution in [0.2, 0.25) is 0 Å². The van der Waals surface area contributed by atoms with Crippen LogP contribution < -0.4 is 9.88 Å². The zero-order chi connectivity index (χ0) is 11.1. The van der Waals surface area contributed by atoms with Crippen LogP contribution in [-0.2, 0) is 10.0 Å². The lowest BCUT2D eigenvalue weighted by atomic mass is 10.4. The fourth-order valence-corrected chi connectivity index (χ4v) is 1.79. The van der Waals surface area contributed by atoms with E-state index in [0.29, 0.717) is 10.4 Å². The van der Waals surface area contributed by atoms with Crippen LogP contribution in [0.3, 0.4) is 0 Å². The van der Waals surface area contributed by atoms with Gasteiger partial charge in [0.05, 0.1) is 6.10 Å². The SMILES string of the molecule is NS(=O)(=O)c1cnc(Br)c(OC2CC2)c1. The molecule has 0 atom stereocenters. The maximum atomic E-state index is 11.1. The third kappa shape index (κ3) is 2.67. The summed E-state index contributed by atoms with van der Waals surface area (Å²) in [5, 5.41) is 4.98. The molecule has 15 heavy (non-hydrogen) atoms. The molecule has 0 bridgehead atoms. The molecule has 2 rings (SSSR count). The highest BCUT2D eigenvalue weighted by Crippen LogP contribution is 2.31. The van der Waals surface area contributed by atoms with Crippen molar-refractivity contribution in [2.24, 2.45) is 5.14 Å². The normalized spacial score (nSPS) is 16.4. The molecule has 1 aromatic heterocycles. The second kappa shape index (κ2) is 3.73. The summed E-state index contributed by atoms with van der Waals surface area (Å²) in [5.74, 6) is 0.420. The van der Waals surface area contributed by atoms with Crippen molar-refractivity contribution in [3.05, 3.63) is 16.9 Å². The molecular formula is C8H9BrN2O3S. The van der Waals surface area contributed by atoms with Gasteiger partial charge in [-0.3, -0.25) is 0 Å². The van der Waals surface area contributed by atoms with Crippen LogP contribution in [0.4, 0.5) is 0 Å². The van der Waals surface area contributed by atoms with Gasteiger partial charge in [-0.1, -0.05) is 0 Å². The molecule has 1 fully saturated rings. The maximum absolute atomic E-state index is 11.1. The number of rotatable bonds is 3. The first-order valence-corrected chi connectivity index (χ1v) is 6.66. The van der Waals surface area contributed by atoms with Crippen LogP contribution in [0.15, 0.2) is 21.8 Å². The second-order valence-corrected chi connectivity index (χ2v) is 5.63. The van der Waals surface area contributed by atoms with Crippen LogP contribution in [0.1, 0.15) is 12.8 Å². The smallest absolute Gasteiger partial charge is 0.239 e. The van der Waals surface area contributed by atoms with Crippen molar-refractivity contribution in [2.45, 2.75) is 23.8 Å². The first-order chi connectivity index (χ1) is 6.97. The van der Waals surface area contributed by atoms with Crippen molar-refractivity contribution >= 4 is 26.0 Å². The van der Waals surface area contributed by atoms with Crippen molar-refractivity contribution in [3.8, 4) is 5.75 Å². The molecule has 0 spiro atoms. The standard InChI is InChI=1S/C8H9BrN2O3S/c9-8-7(14-5-1-2-5)3-6(4-11-8)15(10,12)13/h3-5H,1-2H2,(H2,10,12,13). The van der Waals surface area contributed by atoms with E-state index in [2.05, 4.69) is 20.9 Å². The van der Waals surface area contributed by atoms with Gasteiger partial charge in [-0.2, -0.15) is 0 Å². The zero-order valence-electron chi connectivity index (χ0n) is 7.68. The molecule has 0 aliphatic heterocycles. The van der Waals surface area contributed by atoms with Crippen LogP contribution in [0, 0.1) is 0 Å². The molecule has 0 saturated heterocycles. The van der Waals surface area contributed by atoms with Crippen LogP contribution in [0.5, 0.6) is 5.75 Å². The first kappa shape index (κ1) is 10.8. The molecule has 1 aliphatic rings. The average Bonchev–Trinajstić information content (AvgIpc) is 2.90. The van der Waals surface area contributed by atoms with E-state index in [1.165, 1.54) is 12.3 Å². The molecule has 1 saturated carbocycles. The lowest BCUT2D eigenvalue weighted by Crippen LogP contribution is -2.13. The molecule has 82 valence electrons. The van der Waals surface area contributed by atoms with Gasteiger partial charge >= 0.3 is 0 Å². The predicted molar refractivity (Wildman–Crippen MR) is 57.0 cm³/mol. The third-order valence-electron chi connectivity index (χ3n) is 1.93. The number of nitrogens with zero attached hydrogens (tertiary/aromatic N) is 1. The van der Waals surface area contributed by atoms with E-state index in [9.17, 15) is 8.42 Å². The number of sulfonamides is 1. The van der Waals surface area contributed by atoms with Crippen LogP contribution in [0.25, 0.3) is 0 Å². The van der Waals surface area contributed by atoms with E-state index < -0.39 is 10.0 Å². The van der Waals surface area contributed by atoms with Gasteiger partial charge in [0.15, 0.2) is 5.75 Å². The first-order valence-electron chi connectivity index (χ1n) is 4.32. The largest absolute Gasteiger partial charge is 0.488 e. The molecule has 1 heterocycles. The van der Waals surface area contributed by atoms with Crippen molar-refractivity contribution in [1.82, 2.24) is 4.98 Å². The van der Waals surface area contributed by atoms with Gasteiger partial charge in [0, 0.05) is 12.3 Å². The van der Waals surface area contributed by atoms with E-state index in [4.69, 9.17) is 9.88 Å². The Hall–Kier alpha value is -0.660. The molecule has 0 radical (unpaired) electrons. The minimum absolute atomic E-state index is 0.0404. The van der Waals surface area contributed by atoms with Crippen molar-refractivity contribution in [3.63, 3.8) is 0 Å². The van der Waals surface area contributed by atoms with E-state index >= 15 is 0 Å². The minimum atomic E-state index is -3.72. The fraction of sp³-hybridized carbons (Fsp3) is 0.375. The molecule has 1 aromatic rings. The summed E-state index contributed by atoms with van der Waals surface area (Å²) in [7, 11) is -3.72. The van der Waals surface area contributed by atoms with Crippen molar-refractivity contribution in [1.29, 1.82) is 0 Å². The van der Waals surface area contributed by atoms with Gasteiger partial charge in [0.25, 0.3) is 0 Å². The number of halogens is 1. The number of hydrogen-bond acceptors (Lipinski definition) is 4. The lowest BCUT2D eigenvalue weighted by Gasteiger charge is -2.07. The summed E-state index contributed by atoms with van der Waals surface area (Å²) >= 11 is 3.18. The summed E-state index contributed by atoms with van der Waals surface area (Å²) < 4.78 is 28.1. The topological polar surface area (TPSA) is 82.3 Å². The monoisotopic (exact) mass is 292 g/mol. The molecular weight excluding hydrogens is 284 g/mol. The molecule has 0 aromatic carbocycles. The van der Waals surface area contributed by atoms with Gasteiger partial charge < -0.3 is 4.74 Å². The summed E-state index contributed by atoms with van der Waals surface area (Å²) in [6.45, 7) is 0. The number of primary sulfonamides is 1. The van der Waals surface area contributed by atoms with Gasteiger partial charge in [0.2, 0.25) is 10.0 Å². The van der Waals surface area contributed by atoms with Gasteiger partial charge in [0.1, 0.15) is 9.50 Å². The molecule has 5 nitrogen and oxygen atoms in total. The fourth-order valence-electron chi connectivity index (χ4n) is 1.01. The predicted octanol–water partition coefficient (Wildman–Crippen LogP) is 1.03. The number of pyridine rings is 1. The molecule has 1 aliphatic carbocycles. The quantitative estimate of drug-likeness (QED) is 0.844. The molecule has 7 heteroatoms. The van der Waals surface area contributed by atoms with E-state index in [-0.39, 0.29) is 11.0 Å². The van der Waals surface area contributed by atoms with Gasteiger partial charge in [-0.15, -0.1) is 0 Å². The van der Waals surface area contributed by atoms with Crippen LogP contribution in [-0.4, -0.2) is 19.5 Å². The summed E-state index contributed by atoms with van der Waals surface area (Å²) in [5.41, 5.74) is 0. The molecule has 2 N–H and O–H groups in total. The minimum Gasteiger partial charge on any atom is -0.488 e. The number of aromatic nitrogens is 1. The van der Waals surface area contributed by atoms with Gasteiger partial charge in [-0.25, -0.2) is 18.5 Å². The highest BCUT2D eigenvalue weighted by Gasteiger charge is 2.25. The zero-order valence-corrected chi connectivity index (χ0v) is 10.1. The third-order valence-corrected chi connectivity index (χ3v) is 3.40. The van der Waals surface area contributed by atoms with Crippen LogP contribution >= 0.6 is 15.9 Å². The Bertz CT molecular complexity index is 485. The maximum Gasteiger partial charge on any atom is 0.239 e. The lowest BCUT2D eigenvalue weighted by molar-refractivity contribution is 0.299. The Morgan fingerprint density at radius 2 is 2.20 bits per heavy atom. The highest BCUT2D eigenvalue weighted by atomic mass is 79.9. The van der Waals surface area contributed by atoms with Crippen molar-refractivity contribution < 1.29 is 13.2 Å². The Labute approximate surface area is 95.8 Å². The molecule has 0 unspecified atom stereocenters. The Kier molecular flexibility index (Phi) is 2.70. The number of nitrogens with two attached hydrogens (primary N) is 1. The number of ether oxygens (including phenoxy) is 1. The Morgan fingerprint density at radius 3 is 2.73 bits per heavy atom. The Balaban J connectivity index is 2.35. The average molecular weight is 293 g/mol. The summed E-state index contributed by atoms with van der Waals surface area (Å²) in [4.78, 5) is 3.82. The van der Waals surface area contributed by atoms with Gasteiger partial charge in [-0.05, 0) is 28.8 Å². The van der Waals surface area contributed by atoms with E-state index in [1.807, 2.05) is 0 Å². The number of hydrogen-bond donors (Lipinski definition) is 1. The Morgan fingerprint density at radius 1 is 1.53 bits per heavy atom. The van der Waals surface area contributed by atoms with E-state index in [0.717, 1.165) is 12.8 Å². The second-order valence-electron chi connectivity index (χ2n) is 3.32. The molecule has 0 amide bonds. The van der Waals surface area contributed by atoms with Crippen molar-refractivity contribution in [2.75, 3.05) is 0 Å².